The maximum atomic E-state index is 2.04. The molecule has 0 atom stereocenters. The largest absolute Gasteiger partial charge is 0.169 e. The molecule has 2 heteroatoms. The van der Waals surface area contributed by atoms with E-state index in [2.05, 4.69) is 0 Å². The van der Waals surface area contributed by atoms with Crippen LogP contribution in [0.1, 0.15) is 0 Å². The average molecular weight is 263 g/mol. The normalized spacial score (nSPS) is 4.50. The van der Waals surface area contributed by atoms with Crippen molar-refractivity contribution in [1.82, 2.24) is 0 Å². The fourth-order valence-electron chi connectivity index (χ4n) is 0. The summed E-state index contributed by atoms with van der Waals surface area (Å²) in [5, 5.41) is 0. The van der Waals surface area contributed by atoms with Gasteiger partial charge in [0.05, 0.1) is 0 Å². The Balaban J connectivity index is 0. The van der Waals surface area contributed by atoms with Crippen LogP contribution >= 0.6 is 11.8 Å². The summed E-state index contributed by atoms with van der Waals surface area (Å²) < 4.78 is 0. The van der Waals surface area contributed by atoms with Crippen LogP contribution in [0.4, 0.5) is 0 Å². The molecule has 0 bridgehead atoms. The number of rotatable bonds is 0. The number of hydrogen-bond donors (Lipinski definition) is 0. The summed E-state index contributed by atoms with van der Waals surface area (Å²) in [5.74, 6) is 0. The summed E-state index contributed by atoms with van der Waals surface area (Å²) in [5.41, 5.74) is 0. The molecular weight excluding hydrogens is 257 g/mol. The third-order valence-corrected chi connectivity index (χ3v) is 0. The van der Waals surface area contributed by atoms with E-state index in [4.69, 9.17) is 0 Å². The third kappa shape index (κ3) is 10.4. The molecule has 0 aliphatic carbocycles. The molecule has 0 saturated heterocycles. The zero-order valence-corrected chi connectivity index (χ0v) is 9.43. The molecule has 0 fully saturated rings. The van der Waals surface area contributed by atoms with E-state index in [0.29, 0.717) is 0 Å². The number of thioether (sulfide) groups is 1. The average Bonchev–Trinajstić information content (AvgIpc) is 0.918. The van der Waals surface area contributed by atoms with Crippen LogP contribution < -0.4 is 0 Å². The van der Waals surface area contributed by atoms with Crippen LogP contribution in [-0.2, 0) is 27.7 Å². The monoisotopic (exact) mass is 264 g/mol. The van der Waals surface area contributed by atoms with E-state index in [-0.39, 0.29) is 27.7 Å². The van der Waals surface area contributed by atoms with Crippen LogP contribution in [0.3, 0.4) is 0 Å². The SMILES string of the molecule is CSC.[Hg]. The van der Waals surface area contributed by atoms with Gasteiger partial charge >= 0.3 is 0 Å². The van der Waals surface area contributed by atoms with Gasteiger partial charge in [0, 0.05) is 27.7 Å². The quantitative estimate of drug-likeness (QED) is 0.587. The van der Waals surface area contributed by atoms with Crippen LogP contribution in [0.2, 0.25) is 0 Å². The zero-order valence-electron chi connectivity index (χ0n) is 3.12. The second kappa shape index (κ2) is 8.86. The standard InChI is InChI=1S/C2H6S.Hg/c1-3-2;/h1-2H3;. The van der Waals surface area contributed by atoms with E-state index >= 15 is 0 Å². The van der Waals surface area contributed by atoms with Crippen molar-refractivity contribution < 1.29 is 27.7 Å². The Bertz CT molecular complexity index is 6.00. The fourth-order valence-corrected chi connectivity index (χ4v) is 0. The summed E-state index contributed by atoms with van der Waals surface area (Å²) >= 11 is 1.75. The van der Waals surface area contributed by atoms with Crippen LogP contribution in [0.5, 0.6) is 0 Å². The van der Waals surface area contributed by atoms with Gasteiger partial charge in [0.1, 0.15) is 0 Å². The van der Waals surface area contributed by atoms with Crippen molar-refractivity contribution >= 4 is 11.8 Å². The molecule has 0 saturated carbocycles. The van der Waals surface area contributed by atoms with E-state index in [9.17, 15) is 0 Å². The Hall–Kier alpha value is 1.29. The van der Waals surface area contributed by atoms with E-state index in [1.807, 2.05) is 12.5 Å². The van der Waals surface area contributed by atoms with Gasteiger partial charge in [-0.3, -0.25) is 0 Å². The maximum Gasteiger partial charge on any atom is 0 e. The van der Waals surface area contributed by atoms with Gasteiger partial charge in [0.2, 0.25) is 0 Å². The summed E-state index contributed by atoms with van der Waals surface area (Å²) in [6.45, 7) is 0. The molecule has 0 radical (unpaired) electrons. The predicted octanol–water partition coefficient (Wildman–Crippen LogP) is 0.977. The van der Waals surface area contributed by atoms with E-state index in [0.717, 1.165) is 0 Å². The Kier molecular flexibility index (Phi) is 19.9. The van der Waals surface area contributed by atoms with Gasteiger partial charge in [-0.05, 0) is 12.5 Å². The molecule has 0 spiro atoms. The molecule has 0 rings (SSSR count). The van der Waals surface area contributed by atoms with E-state index in [1.54, 1.807) is 11.8 Å². The second-order valence-corrected chi connectivity index (χ2v) is 1.22. The summed E-state index contributed by atoms with van der Waals surface area (Å²) in [7, 11) is 0. The van der Waals surface area contributed by atoms with Crippen molar-refractivity contribution in [2.75, 3.05) is 12.5 Å². The van der Waals surface area contributed by atoms with Gasteiger partial charge in [-0.2, -0.15) is 11.8 Å². The number of hydrogen-bond acceptors (Lipinski definition) is 1. The molecule has 0 heterocycles. The van der Waals surface area contributed by atoms with Gasteiger partial charge in [-0.15, -0.1) is 0 Å². The van der Waals surface area contributed by atoms with Crippen molar-refractivity contribution in [1.29, 1.82) is 0 Å². The Morgan fingerprint density at radius 1 is 1.25 bits per heavy atom. The van der Waals surface area contributed by atoms with Crippen LogP contribution in [-0.4, -0.2) is 12.5 Å². The van der Waals surface area contributed by atoms with Crippen LogP contribution in [0.15, 0.2) is 0 Å². The second-order valence-electron chi connectivity index (χ2n) is 0.408. The first-order valence-corrected chi connectivity index (χ1v) is 2.45. The van der Waals surface area contributed by atoms with Crippen LogP contribution in [0, 0.1) is 0 Å². The Labute approximate surface area is 51.9 Å². The first-order chi connectivity index (χ1) is 1.41. The molecule has 0 nitrogen and oxygen atoms in total. The van der Waals surface area contributed by atoms with Gasteiger partial charge in [0.25, 0.3) is 0 Å². The summed E-state index contributed by atoms with van der Waals surface area (Å²) in [6, 6.07) is 0. The van der Waals surface area contributed by atoms with Crippen molar-refractivity contribution in [2.45, 2.75) is 0 Å². The van der Waals surface area contributed by atoms with Crippen molar-refractivity contribution in [3.8, 4) is 0 Å². The van der Waals surface area contributed by atoms with Gasteiger partial charge < -0.3 is 0 Å². The minimum absolute atomic E-state index is 0. The molecule has 0 N–H and O–H groups in total. The van der Waals surface area contributed by atoms with Crippen LogP contribution in [0.25, 0.3) is 0 Å². The topological polar surface area (TPSA) is 0 Å². The smallest absolute Gasteiger partial charge is 0 e. The third-order valence-electron chi connectivity index (χ3n) is 0. The molecule has 0 aromatic heterocycles. The molecule has 0 aliphatic heterocycles. The maximum absolute atomic E-state index is 2.04. The minimum atomic E-state index is 0. The van der Waals surface area contributed by atoms with Gasteiger partial charge in [-0.25, -0.2) is 0 Å². The van der Waals surface area contributed by atoms with Crippen molar-refractivity contribution in [2.24, 2.45) is 0 Å². The van der Waals surface area contributed by atoms with E-state index < -0.39 is 0 Å². The molecule has 4 heavy (non-hydrogen) atoms. The van der Waals surface area contributed by atoms with E-state index in [1.165, 1.54) is 0 Å². The molecular formula is C2H6HgS. The first kappa shape index (κ1) is 8.99. The van der Waals surface area contributed by atoms with Crippen molar-refractivity contribution in [3.63, 3.8) is 0 Å². The first-order valence-electron chi connectivity index (χ1n) is 0.816. The van der Waals surface area contributed by atoms with Gasteiger partial charge in [0.15, 0.2) is 0 Å². The summed E-state index contributed by atoms with van der Waals surface area (Å²) in [4.78, 5) is 0. The molecule has 0 unspecified atom stereocenters. The minimum Gasteiger partial charge on any atom is -0.169 e. The van der Waals surface area contributed by atoms with Crippen molar-refractivity contribution in [3.05, 3.63) is 0 Å². The summed E-state index contributed by atoms with van der Waals surface area (Å²) in [6.07, 6.45) is 4.08. The molecule has 0 aliphatic rings. The fraction of sp³-hybridized carbons (Fsp3) is 1.00. The Morgan fingerprint density at radius 3 is 1.25 bits per heavy atom. The zero-order chi connectivity index (χ0) is 2.71. The molecule has 22 valence electrons. The predicted molar refractivity (Wildman–Crippen MR) is 19.4 cm³/mol. The molecule has 0 aromatic rings. The van der Waals surface area contributed by atoms with Gasteiger partial charge in [-0.1, -0.05) is 0 Å². The Morgan fingerprint density at radius 2 is 1.25 bits per heavy atom. The molecule has 0 aromatic carbocycles. The molecule has 0 amide bonds.